The first-order valence-electron chi connectivity index (χ1n) is 14.2. The van der Waals surface area contributed by atoms with Crippen LogP contribution in [0.2, 0.25) is 0 Å². The lowest BCUT2D eigenvalue weighted by Crippen LogP contribution is -2.38. The smallest absolute Gasteiger partial charge is 0.307 e. The van der Waals surface area contributed by atoms with Gasteiger partial charge in [0, 0.05) is 60.8 Å². The number of aromatic nitrogens is 1. The summed E-state index contributed by atoms with van der Waals surface area (Å²) in [7, 11) is 0. The molecule has 0 amide bonds. The summed E-state index contributed by atoms with van der Waals surface area (Å²) in [5.74, 6) is -1.82. The Balaban J connectivity index is 1.49. The number of halogens is 2. The Bertz CT molecular complexity index is 1460. The number of carboxylic acid groups (broad SMARTS) is 1. The van der Waals surface area contributed by atoms with Gasteiger partial charge in [-0.1, -0.05) is 38.1 Å². The third-order valence-electron chi connectivity index (χ3n) is 8.76. The summed E-state index contributed by atoms with van der Waals surface area (Å²) >= 11 is 0. The maximum atomic E-state index is 14.7. The number of rotatable bonds is 6. The van der Waals surface area contributed by atoms with Gasteiger partial charge in [0.2, 0.25) is 0 Å². The maximum Gasteiger partial charge on any atom is 0.307 e. The molecule has 212 valence electrons. The second-order valence-corrected chi connectivity index (χ2v) is 12.3. The molecule has 0 radical (unpaired) electrons. The summed E-state index contributed by atoms with van der Waals surface area (Å²) in [6.07, 6.45) is 2.79. The monoisotopic (exact) mass is 547 g/mol. The van der Waals surface area contributed by atoms with Crippen molar-refractivity contribution in [1.82, 2.24) is 9.88 Å². The molecule has 2 aromatic carbocycles. The molecule has 0 atom stereocenters. The van der Waals surface area contributed by atoms with E-state index in [4.69, 9.17) is 4.98 Å². The fourth-order valence-corrected chi connectivity index (χ4v) is 6.25. The zero-order chi connectivity index (χ0) is 28.8. The van der Waals surface area contributed by atoms with Crippen LogP contribution in [0.15, 0.2) is 30.3 Å². The van der Waals surface area contributed by atoms with Gasteiger partial charge in [0.15, 0.2) is 0 Å². The van der Waals surface area contributed by atoms with Gasteiger partial charge in [0.05, 0.1) is 12.1 Å². The molecule has 5 nitrogen and oxygen atoms in total. The molecular weight excluding hydrogens is 508 g/mol. The molecule has 40 heavy (non-hydrogen) atoms. The summed E-state index contributed by atoms with van der Waals surface area (Å²) in [5, 5.41) is 9.77. The number of hydrogen-bond donors (Lipinski definition) is 1. The predicted molar refractivity (Wildman–Crippen MR) is 155 cm³/mol. The number of pyridine rings is 1. The molecule has 0 spiro atoms. The van der Waals surface area contributed by atoms with Crippen LogP contribution in [0.1, 0.15) is 65.9 Å². The summed E-state index contributed by atoms with van der Waals surface area (Å²) in [6.45, 7) is 13.5. The van der Waals surface area contributed by atoms with Crippen LogP contribution in [-0.4, -0.2) is 40.6 Å². The van der Waals surface area contributed by atoms with Gasteiger partial charge in [0.25, 0.3) is 0 Å². The third-order valence-corrected chi connectivity index (χ3v) is 8.76. The zero-order valence-electron chi connectivity index (χ0n) is 24.2. The average molecular weight is 548 g/mol. The van der Waals surface area contributed by atoms with E-state index in [-0.39, 0.29) is 23.9 Å². The quantitative estimate of drug-likeness (QED) is 0.369. The zero-order valence-corrected chi connectivity index (χ0v) is 24.2. The molecule has 1 fully saturated rings. The average Bonchev–Trinajstić information content (AvgIpc) is 2.90. The van der Waals surface area contributed by atoms with E-state index in [1.165, 1.54) is 17.7 Å². The van der Waals surface area contributed by atoms with Gasteiger partial charge in [-0.2, -0.15) is 0 Å². The van der Waals surface area contributed by atoms with E-state index in [1.54, 1.807) is 6.92 Å². The van der Waals surface area contributed by atoms with Gasteiger partial charge in [-0.15, -0.1) is 0 Å². The Labute approximate surface area is 235 Å². The van der Waals surface area contributed by atoms with Gasteiger partial charge in [-0.25, -0.2) is 8.78 Å². The van der Waals surface area contributed by atoms with Crippen molar-refractivity contribution in [3.63, 3.8) is 0 Å². The normalized spacial score (nSPS) is 17.1. The van der Waals surface area contributed by atoms with Crippen molar-refractivity contribution < 1.29 is 18.7 Å². The highest BCUT2D eigenvalue weighted by Gasteiger charge is 2.30. The lowest BCUT2D eigenvalue weighted by molar-refractivity contribution is -0.136. The van der Waals surface area contributed by atoms with Crippen LogP contribution in [0.4, 0.5) is 14.5 Å². The standard InChI is InChI=1S/C33H39F2N3O2/c1-20-6-9-28(34)27(31(20)35)19-37-13-10-23-16-24(7-8-25(23)18-37)30-22(3)36-21(2)26(17-29(39)40)32(30)38-14-11-33(4,5)12-15-38/h6-9,16H,10-15,17-19H2,1-5H3,(H,39,40). The first-order valence-corrected chi connectivity index (χ1v) is 14.2. The molecule has 2 aliphatic rings. The van der Waals surface area contributed by atoms with Crippen LogP contribution in [0.3, 0.4) is 0 Å². The molecule has 1 saturated heterocycles. The molecule has 1 aromatic heterocycles. The molecule has 3 heterocycles. The van der Waals surface area contributed by atoms with Gasteiger partial charge >= 0.3 is 5.97 Å². The van der Waals surface area contributed by atoms with E-state index < -0.39 is 17.6 Å². The van der Waals surface area contributed by atoms with Crippen molar-refractivity contribution in [3.8, 4) is 11.1 Å². The minimum absolute atomic E-state index is 0.0622. The number of carboxylic acids is 1. The van der Waals surface area contributed by atoms with Crippen molar-refractivity contribution in [1.29, 1.82) is 0 Å². The van der Waals surface area contributed by atoms with Crippen molar-refractivity contribution in [3.05, 3.63) is 81.2 Å². The van der Waals surface area contributed by atoms with Crippen LogP contribution < -0.4 is 4.90 Å². The lowest BCUT2D eigenvalue weighted by atomic mass is 9.82. The Kier molecular flexibility index (Phi) is 7.71. The first kappa shape index (κ1) is 28.2. The van der Waals surface area contributed by atoms with Gasteiger partial charge in [-0.3, -0.25) is 14.7 Å². The van der Waals surface area contributed by atoms with Gasteiger partial charge in [-0.05, 0) is 73.8 Å². The number of aryl methyl sites for hydroxylation is 3. The molecule has 0 saturated carbocycles. The minimum atomic E-state index is -0.856. The van der Waals surface area contributed by atoms with Crippen molar-refractivity contribution in [2.24, 2.45) is 5.41 Å². The number of anilines is 1. The second-order valence-electron chi connectivity index (χ2n) is 12.3. The molecule has 3 aromatic rings. The maximum absolute atomic E-state index is 14.7. The number of benzene rings is 2. The van der Waals surface area contributed by atoms with Gasteiger partial charge < -0.3 is 10.0 Å². The van der Waals surface area contributed by atoms with E-state index >= 15 is 0 Å². The lowest BCUT2D eigenvalue weighted by Gasteiger charge is -2.40. The van der Waals surface area contributed by atoms with Crippen molar-refractivity contribution in [2.75, 3.05) is 24.5 Å². The summed E-state index contributed by atoms with van der Waals surface area (Å²) in [5.41, 5.74) is 8.72. The van der Waals surface area contributed by atoms with Crippen LogP contribution in [-0.2, 0) is 30.7 Å². The van der Waals surface area contributed by atoms with Crippen molar-refractivity contribution in [2.45, 2.75) is 73.4 Å². The molecule has 1 N–H and O–H groups in total. The van der Waals surface area contributed by atoms with Crippen molar-refractivity contribution >= 4 is 11.7 Å². The number of hydrogen-bond acceptors (Lipinski definition) is 4. The summed E-state index contributed by atoms with van der Waals surface area (Å²) < 4.78 is 29.1. The second kappa shape index (κ2) is 10.9. The molecule has 0 bridgehead atoms. The molecule has 2 aliphatic heterocycles. The van der Waals surface area contributed by atoms with Crippen LogP contribution in [0, 0.1) is 37.8 Å². The van der Waals surface area contributed by atoms with E-state index in [2.05, 4.69) is 41.8 Å². The van der Waals surface area contributed by atoms with Crippen LogP contribution in [0.25, 0.3) is 11.1 Å². The number of piperidine rings is 1. The van der Waals surface area contributed by atoms with E-state index in [1.807, 2.05) is 13.8 Å². The molecular formula is C33H39F2N3O2. The number of nitrogens with zero attached hydrogens (tertiary/aromatic N) is 3. The highest BCUT2D eigenvalue weighted by atomic mass is 19.1. The Hall–Kier alpha value is -3.32. The van der Waals surface area contributed by atoms with Gasteiger partial charge in [0.1, 0.15) is 11.6 Å². The topological polar surface area (TPSA) is 56.7 Å². The summed E-state index contributed by atoms with van der Waals surface area (Å²) in [4.78, 5) is 21.2. The minimum Gasteiger partial charge on any atom is -0.481 e. The van der Waals surface area contributed by atoms with E-state index in [0.29, 0.717) is 18.7 Å². The number of fused-ring (bicyclic) bond motifs is 1. The molecule has 7 heteroatoms. The number of aliphatic carboxylic acids is 1. The fourth-order valence-electron chi connectivity index (χ4n) is 6.25. The highest BCUT2D eigenvalue weighted by Crippen LogP contribution is 2.42. The summed E-state index contributed by atoms with van der Waals surface area (Å²) in [6, 6.07) is 9.23. The molecule has 5 rings (SSSR count). The van der Waals surface area contributed by atoms with Crippen LogP contribution in [0.5, 0.6) is 0 Å². The number of carbonyl (C=O) groups is 1. The van der Waals surface area contributed by atoms with E-state index in [9.17, 15) is 18.7 Å². The highest BCUT2D eigenvalue weighted by molar-refractivity contribution is 5.86. The first-order chi connectivity index (χ1) is 18.9. The third kappa shape index (κ3) is 5.62. The predicted octanol–water partition coefficient (Wildman–Crippen LogP) is 6.76. The largest absolute Gasteiger partial charge is 0.481 e. The Morgan fingerprint density at radius 1 is 0.975 bits per heavy atom. The van der Waals surface area contributed by atoms with E-state index in [0.717, 1.165) is 71.7 Å². The SMILES string of the molecule is Cc1ccc(F)c(CN2CCc3cc(-c4c(C)nc(C)c(CC(=O)O)c4N4CCC(C)(C)CC4)ccc3C2)c1F. The van der Waals surface area contributed by atoms with Crippen LogP contribution >= 0.6 is 0 Å². The fraction of sp³-hybridized carbons (Fsp3) is 0.455. The molecule has 0 aliphatic carbocycles. The Morgan fingerprint density at radius 2 is 1.70 bits per heavy atom. The molecule has 0 unspecified atom stereocenters. The Morgan fingerprint density at radius 3 is 2.40 bits per heavy atom.